The second-order valence-electron chi connectivity index (χ2n) is 2.10. The van der Waals surface area contributed by atoms with E-state index in [0.717, 1.165) is 0 Å². The van der Waals surface area contributed by atoms with Gasteiger partial charge in [0.05, 0.1) is 13.2 Å². The van der Waals surface area contributed by atoms with E-state index < -0.39 is 6.09 Å². The Morgan fingerprint density at radius 2 is 2.00 bits per heavy atom. The lowest BCUT2D eigenvalue weighted by atomic mass is 10.4. The van der Waals surface area contributed by atoms with Crippen molar-refractivity contribution in [1.82, 2.24) is 10.6 Å². The average molecular weight is 185 g/mol. The minimum absolute atomic E-state index is 0.168. The molecule has 2 amide bonds. The number of nitrogens with one attached hydrogen (secondary N) is 2. The van der Waals surface area contributed by atoms with E-state index in [0.29, 0.717) is 0 Å². The van der Waals surface area contributed by atoms with Gasteiger partial charge >= 0.3 is 6.09 Å². The summed E-state index contributed by atoms with van der Waals surface area (Å²) >= 11 is 0. The highest BCUT2D eigenvalue weighted by Gasteiger charge is 1.99. The standard InChI is InChI=1S/C7H11N3O3/c1-13-7(12)10-5-4-9-6(11)2-3-8/h2,4-5H2,1H3,(H,9,11)(H,10,12). The van der Waals surface area contributed by atoms with E-state index in [2.05, 4.69) is 15.4 Å². The first-order chi connectivity index (χ1) is 6.20. The molecule has 0 aromatic heterocycles. The van der Waals surface area contributed by atoms with Crippen LogP contribution in [0, 0.1) is 11.3 Å². The van der Waals surface area contributed by atoms with Crippen LogP contribution in [0.15, 0.2) is 0 Å². The molecule has 0 aliphatic rings. The van der Waals surface area contributed by atoms with E-state index in [1.165, 1.54) is 7.11 Å². The van der Waals surface area contributed by atoms with Gasteiger partial charge in [-0.15, -0.1) is 0 Å². The number of alkyl carbamates (subject to hydrolysis) is 1. The van der Waals surface area contributed by atoms with E-state index in [4.69, 9.17) is 5.26 Å². The number of amides is 2. The summed E-state index contributed by atoms with van der Waals surface area (Å²) in [5, 5.41) is 12.9. The molecule has 0 heterocycles. The maximum Gasteiger partial charge on any atom is 0.406 e. The summed E-state index contributed by atoms with van der Waals surface area (Å²) in [4.78, 5) is 21.2. The van der Waals surface area contributed by atoms with Gasteiger partial charge < -0.3 is 15.4 Å². The number of carbonyl (C=O) groups excluding carboxylic acids is 2. The number of hydrogen-bond acceptors (Lipinski definition) is 4. The molecule has 72 valence electrons. The van der Waals surface area contributed by atoms with Crippen LogP contribution in [0.1, 0.15) is 6.42 Å². The molecule has 0 rings (SSSR count). The molecule has 0 bridgehead atoms. The largest absolute Gasteiger partial charge is 0.453 e. The van der Waals surface area contributed by atoms with Crippen LogP contribution in [-0.2, 0) is 9.53 Å². The number of rotatable bonds is 4. The third-order valence-electron chi connectivity index (χ3n) is 1.14. The van der Waals surface area contributed by atoms with Crippen molar-refractivity contribution in [1.29, 1.82) is 5.26 Å². The van der Waals surface area contributed by atoms with Gasteiger partial charge in [0.1, 0.15) is 6.42 Å². The van der Waals surface area contributed by atoms with E-state index >= 15 is 0 Å². The highest BCUT2D eigenvalue weighted by molar-refractivity contribution is 5.78. The molecule has 6 heteroatoms. The number of hydrogen-bond donors (Lipinski definition) is 2. The second kappa shape index (κ2) is 6.91. The van der Waals surface area contributed by atoms with Crippen molar-refractivity contribution in [3.05, 3.63) is 0 Å². The van der Waals surface area contributed by atoms with E-state index in [9.17, 15) is 9.59 Å². The number of nitrogens with zero attached hydrogens (tertiary/aromatic N) is 1. The summed E-state index contributed by atoms with van der Waals surface area (Å²) in [5.41, 5.74) is 0. The number of ether oxygens (including phenoxy) is 1. The summed E-state index contributed by atoms with van der Waals surface area (Å²) in [5.74, 6) is -0.353. The summed E-state index contributed by atoms with van der Waals surface area (Å²) in [7, 11) is 1.25. The van der Waals surface area contributed by atoms with Gasteiger partial charge in [-0.1, -0.05) is 0 Å². The molecule has 0 spiro atoms. The van der Waals surface area contributed by atoms with Crippen molar-refractivity contribution < 1.29 is 14.3 Å². The van der Waals surface area contributed by atoms with Crippen LogP contribution in [0.3, 0.4) is 0 Å². The van der Waals surface area contributed by atoms with Gasteiger partial charge in [0, 0.05) is 13.1 Å². The van der Waals surface area contributed by atoms with Gasteiger partial charge in [-0.2, -0.15) is 5.26 Å². The van der Waals surface area contributed by atoms with Gasteiger partial charge in [-0.05, 0) is 0 Å². The quantitative estimate of drug-likeness (QED) is 0.570. The zero-order valence-corrected chi connectivity index (χ0v) is 7.29. The van der Waals surface area contributed by atoms with E-state index in [-0.39, 0.29) is 25.4 Å². The Hall–Kier alpha value is -1.77. The highest BCUT2D eigenvalue weighted by atomic mass is 16.5. The zero-order valence-electron chi connectivity index (χ0n) is 7.29. The summed E-state index contributed by atoms with van der Waals surface area (Å²) < 4.78 is 4.29. The molecular weight excluding hydrogens is 174 g/mol. The fourth-order valence-corrected chi connectivity index (χ4v) is 0.573. The molecule has 13 heavy (non-hydrogen) atoms. The smallest absolute Gasteiger partial charge is 0.406 e. The molecule has 2 N–H and O–H groups in total. The minimum atomic E-state index is -0.547. The summed E-state index contributed by atoms with van der Waals surface area (Å²) in [6, 6.07) is 1.70. The molecule has 6 nitrogen and oxygen atoms in total. The number of carbonyl (C=O) groups is 2. The first-order valence-corrected chi connectivity index (χ1v) is 3.66. The van der Waals surface area contributed by atoms with Crippen LogP contribution in [0.25, 0.3) is 0 Å². The molecule has 0 aromatic carbocycles. The van der Waals surface area contributed by atoms with Gasteiger partial charge in [-0.3, -0.25) is 4.79 Å². The van der Waals surface area contributed by atoms with Crippen LogP contribution in [0.5, 0.6) is 0 Å². The normalized spacial score (nSPS) is 8.31. The molecule has 0 aliphatic heterocycles. The first kappa shape index (κ1) is 11.2. The van der Waals surface area contributed by atoms with Gasteiger partial charge in [-0.25, -0.2) is 4.79 Å². The van der Waals surface area contributed by atoms with Crippen LogP contribution < -0.4 is 10.6 Å². The van der Waals surface area contributed by atoms with Crippen molar-refractivity contribution in [3.63, 3.8) is 0 Å². The third kappa shape index (κ3) is 6.62. The van der Waals surface area contributed by atoms with Crippen molar-refractivity contribution in [3.8, 4) is 6.07 Å². The van der Waals surface area contributed by atoms with E-state index in [1.54, 1.807) is 6.07 Å². The molecule has 0 saturated carbocycles. The Labute approximate surface area is 75.9 Å². The topological polar surface area (TPSA) is 91.2 Å². The zero-order chi connectivity index (χ0) is 10.1. The van der Waals surface area contributed by atoms with Crippen molar-refractivity contribution >= 4 is 12.0 Å². The van der Waals surface area contributed by atoms with Crippen LogP contribution >= 0.6 is 0 Å². The molecule has 0 aromatic rings. The molecule has 0 unspecified atom stereocenters. The van der Waals surface area contributed by atoms with Crippen molar-refractivity contribution in [2.45, 2.75) is 6.42 Å². The van der Waals surface area contributed by atoms with Gasteiger partial charge in [0.15, 0.2) is 0 Å². The van der Waals surface area contributed by atoms with Gasteiger partial charge in [0.2, 0.25) is 5.91 Å². The Bertz CT molecular complexity index is 222. The first-order valence-electron chi connectivity index (χ1n) is 3.66. The van der Waals surface area contributed by atoms with E-state index in [1.807, 2.05) is 0 Å². The van der Waals surface area contributed by atoms with Gasteiger partial charge in [0.25, 0.3) is 0 Å². The molecule has 0 saturated heterocycles. The number of nitriles is 1. The molecule has 0 atom stereocenters. The monoisotopic (exact) mass is 185 g/mol. The van der Waals surface area contributed by atoms with Crippen molar-refractivity contribution in [2.24, 2.45) is 0 Å². The summed E-state index contributed by atoms with van der Waals surface area (Å²) in [6.45, 7) is 0.569. The lowest BCUT2D eigenvalue weighted by Crippen LogP contribution is -2.34. The van der Waals surface area contributed by atoms with Crippen LogP contribution in [-0.4, -0.2) is 32.2 Å². The lowest BCUT2D eigenvalue weighted by molar-refractivity contribution is -0.120. The highest BCUT2D eigenvalue weighted by Crippen LogP contribution is 1.74. The fraction of sp³-hybridized carbons (Fsp3) is 0.571. The molecule has 0 radical (unpaired) electrons. The molecule has 0 fully saturated rings. The van der Waals surface area contributed by atoms with Crippen molar-refractivity contribution in [2.75, 3.05) is 20.2 Å². The predicted octanol–water partition coefficient (Wildman–Crippen LogP) is -0.628. The third-order valence-corrected chi connectivity index (χ3v) is 1.14. The second-order valence-corrected chi connectivity index (χ2v) is 2.10. The minimum Gasteiger partial charge on any atom is -0.453 e. The van der Waals surface area contributed by atoms with Crippen LogP contribution in [0.4, 0.5) is 4.79 Å². The Balaban J connectivity index is 3.31. The number of methoxy groups -OCH3 is 1. The predicted molar refractivity (Wildman–Crippen MR) is 43.6 cm³/mol. The Morgan fingerprint density at radius 3 is 2.54 bits per heavy atom. The summed E-state index contributed by atoms with van der Waals surface area (Å²) in [6.07, 6.45) is -0.715. The van der Waals surface area contributed by atoms with Crippen LogP contribution in [0.2, 0.25) is 0 Å². The molecule has 0 aliphatic carbocycles. The SMILES string of the molecule is COC(=O)NCCNC(=O)CC#N. The maximum atomic E-state index is 10.7. The fourth-order valence-electron chi connectivity index (χ4n) is 0.573. The maximum absolute atomic E-state index is 10.7. The average Bonchev–Trinajstić information content (AvgIpc) is 2.12. The Kier molecular flexibility index (Phi) is 5.97. The Morgan fingerprint density at radius 1 is 1.38 bits per heavy atom. The lowest BCUT2D eigenvalue weighted by Gasteiger charge is -2.03. The molecular formula is C7H11N3O3.